The van der Waals surface area contributed by atoms with E-state index >= 15 is 0 Å². The van der Waals surface area contributed by atoms with E-state index in [-0.39, 0.29) is 5.56 Å². The van der Waals surface area contributed by atoms with Crippen molar-refractivity contribution in [2.24, 2.45) is 0 Å². The van der Waals surface area contributed by atoms with Gasteiger partial charge in [0.2, 0.25) is 5.82 Å². The van der Waals surface area contributed by atoms with Crippen LogP contribution in [-0.4, -0.2) is 5.11 Å². The molecule has 0 amide bonds. The lowest BCUT2D eigenvalue weighted by Crippen LogP contribution is -2.01. The molecule has 0 unspecified atom stereocenters. The van der Waals surface area contributed by atoms with Gasteiger partial charge < -0.3 is 5.11 Å². The molecule has 5 heteroatoms. The molecule has 0 aliphatic carbocycles. The maximum Gasteiger partial charge on any atom is 0.205 e. The molecule has 0 atom stereocenters. The molecule has 1 nitrogen and oxygen atoms in total. The summed E-state index contributed by atoms with van der Waals surface area (Å²) in [6.07, 6.45) is 0. The maximum atomic E-state index is 13.2. The molecule has 78 valence electrons. The van der Waals surface area contributed by atoms with Crippen molar-refractivity contribution in [3.63, 3.8) is 0 Å². The standard InChI is InChI=1S/C9H8ClF3O/c1-3(2)4-5(10)7(12)8(13)9(14)6(4)11/h3,14H,1-2H3. The van der Waals surface area contributed by atoms with Crippen LogP contribution in [-0.2, 0) is 0 Å². The van der Waals surface area contributed by atoms with Crippen molar-refractivity contribution in [1.82, 2.24) is 0 Å². The SMILES string of the molecule is CC(C)c1c(F)c(O)c(F)c(F)c1Cl. The van der Waals surface area contributed by atoms with E-state index < -0.39 is 34.1 Å². The largest absolute Gasteiger partial charge is 0.503 e. The number of benzene rings is 1. The maximum absolute atomic E-state index is 13.2. The van der Waals surface area contributed by atoms with E-state index in [1.807, 2.05) is 0 Å². The molecule has 1 aromatic rings. The van der Waals surface area contributed by atoms with Crippen molar-refractivity contribution in [1.29, 1.82) is 0 Å². The number of halogens is 4. The van der Waals surface area contributed by atoms with Crippen molar-refractivity contribution in [2.45, 2.75) is 19.8 Å². The van der Waals surface area contributed by atoms with Crippen LogP contribution in [0.2, 0.25) is 5.02 Å². The smallest absolute Gasteiger partial charge is 0.205 e. The predicted molar refractivity (Wildman–Crippen MR) is 47.1 cm³/mol. The van der Waals surface area contributed by atoms with Crippen molar-refractivity contribution < 1.29 is 18.3 Å². The summed E-state index contributed by atoms with van der Waals surface area (Å²) in [6.45, 7) is 3.11. The molecule has 0 fully saturated rings. The second kappa shape index (κ2) is 3.69. The molecule has 0 aromatic heterocycles. The van der Waals surface area contributed by atoms with Gasteiger partial charge in [-0.05, 0) is 5.92 Å². The third-order valence-corrected chi connectivity index (χ3v) is 2.22. The van der Waals surface area contributed by atoms with Gasteiger partial charge in [0.15, 0.2) is 17.4 Å². The lowest BCUT2D eigenvalue weighted by molar-refractivity contribution is 0.371. The lowest BCUT2D eigenvalue weighted by atomic mass is 10.0. The van der Waals surface area contributed by atoms with Gasteiger partial charge in [-0.2, -0.15) is 4.39 Å². The Morgan fingerprint density at radius 1 is 1.07 bits per heavy atom. The van der Waals surface area contributed by atoms with Crippen LogP contribution in [0.4, 0.5) is 13.2 Å². The zero-order valence-electron chi connectivity index (χ0n) is 7.54. The van der Waals surface area contributed by atoms with Crippen LogP contribution in [0.3, 0.4) is 0 Å². The van der Waals surface area contributed by atoms with Crippen LogP contribution >= 0.6 is 11.6 Å². The Labute approximate surface area is 84.1 Å². The molecule has 0 radical (unpaired) electrons. The van der Waals surface area contributed by atoms with Gasteiger partial charge in [-0.1, -0.05) is 25.4 Å². The third-order valence-electron chi connectivity index (χ3n) is 1.85. The number of phenols is 1. The Kier molecular flexibility index (Phi) is 2.95. The topological polar surface area (TPSA) is 20.2 Å². The molecule has 1 N–H and O–H groups in total. The third kappa shape index (κ3) is 1.54. The first-order chi connectivity index (χ1) is 6.37. The molecule has 0 heterocycles. The first kappa shape index (κ1) is 11.2. The van der Waals surface area contributed by atoms with E-state index in [0.717, 1.165) is 0 Å². The van der Waals surface area contributed by atoms with Gasteiger partial charge in [0, 0.05) is 5.56 Å². The van der Waals surface area contributed by atoms with Crippen LogP contribution in [0.1, 0.15) is 25.3 Å². The zero-order valence-corrected chi connectivity index (χ0v) is 8.29. The van der Waals surface area contributed by atoms with E-state index in [4.69, 9.17) is 16.7 Å². The van der Waals surface area contributed by atoms with E-state index in [1.165, 1.54) is 0 Å². The summed E-state index contributed by atoms with van der Waals surface area (Å²) in [7, 11) is 0. The summed E-state index contributed by atoms with van der Waals surface area (Å²) in [5.74, 6) is -6.05. The minimum atomic E-state index is -1.66. The van der Waals surface area contributed by atoms with E-state index in [9.17, 15) is 13.2 Å². The summed E-state index contributed by atoms with van der Waals surface area (Å²) in [5.41, 5.74) is -0.219. The van der Waals surface area contributed by atoms with Crippen molar-refractivity contribution in [2.75, 3.05) is 0 Å². The minimum Gasteiger partial charge on any atom is -0.503 e. The van der Waals surface area contributed by atoms with Crippen molar-refractivity contribution in [3.8, 4) is 5.75 Å². The first-order valence-corrected chi connectivity index (χ1v) is 4.30. The van der Waals surface area contributed by atoms with Crippen molar-refractivity contribution in [3.05, 3.63) is 28.0 Å². The lowest BCUT2D eigenvalue weighted by Gasteiger charge is -2.12. The number of hydrogen-bond donors (Lipinski definition) is 1. The molecular formula is C9H8ClF3O. The Morgan fingerprint density at radius 3 is 2.00 bits per heavy atom. The fraction of sp³-hybridized carbons (Fsp3) is 0.333. The molecule has 0 saturated carbocycles. The van der Waals surface area contributed by atoms with Crippen LogP contribution in [0.5, 0.6) is 5.75 Å². The molecule has 0 saturated heterocycles. The number of aromatic hydroxyl groups is 1. The Bertz CT molecular complexity index is 348. The normalized spacial score (nSPS) is 11.1. The van der Waals surface area contributed by atoms with Crippen LogP contribution in [0.25, 0.3) is 0 Å². The van der Waals surface area contributed by atoms with E-state index in [1.54, 1.807) is 13.8 Å². The highest BCUT2D eigenvalue weighted by molar-refractivity contribution is 6.31. The molecular weight excluding hydrogens is 217 g/mol. The van der Waals surface area contributed by atoms with Gasteiger partial charge in [-0.3, -0.25) is 0 Å². The highest BCUT2D eigenvalue weighted by atomic mass is 35.5. The van der Waals surface area contributed by atoms with Crippen LogP contribution < -0.4 is 0 Å². The Balaban J connectivity index is 3.60. The number of rotatable bonds is 1. The highest BCUT2D eigenvalue weighted by Gasteiger charge is 2.24. The zero-order chi connectivity index (χ0) is 11.0. The fourth-order valence-corrected chi connectivity index (χ4v) is 1.53. The first-order valence-electron chi connectivity index (χ1n) is 3.92. The van der Waals surface area contributed by atoms with Gasteiger partial charge in [0.05, 0.1) is 5.02 Å². The van der Waals surface area contributed by atoms with Crippen molar-refractivity contribution >= 4 is 11.6 Å². The molecule has 14 heavy (non-hydrogen) atoms. The quantitative estimate of drug-likeness (QED) is 0.571. The highest BCUT2D eigenvalue weighted by Crippen LogP contribution is 2.36. The summed E-state index contributed by atoms with van der Waals surface area (Å²) in [4.78, 5) is 0. The Morgan fingerprint density at radius 2 is 1.57 bits per heavy atom. The average Bonchev–Trinajstić information content (AvgIpc) is 2.11. The summed E-state index contributed by atoms with van der Waals surface area (Å²) >= 11 is 5.40. The van der Waals surface area contributed by atoms with Gasteiger partial charge in [0.25, 0.3) is 0 Å². The molecule has 0 bridgehead atoms. The summed E-state index contributed by atoms with van der Waals surface area (Å²) in [6, 6.07) is 0. The minimum absolute atomic E-state index is 0.219. The Hall–Kier alpha value is -0.900. The van der Waals surface area contributed by atoms with Gasteiger partial charge >= 0.3 is 0 Å². The van der Waals surface area contributed by atoms with Gasteiger partial charge in [0.1, 0.15) is 0 Å². The average molecular weight is 225 g/mol. The molecule has 0 aliphatic heterocycles. The summed E-state index contributed by atoms with van der Waals surface area (Å²) in [5, 5.41) is 8.27. The monoisotopic (exact) mass is 224 g/mol. The second-order valence-electron chi connectivity index (χ2n) is 3.17. The van der Waals surface area contributed by atoms with Gasteiger partial charge in [-0.15, -0.1) is 0 Å². The van der Waals surface area contributed by atoms with Gasteiger partial charge in [-0.25, -0.2) is 8.78 Å². The number of phenolic OH excluding ortho intramolecular Hbond substituents is 1. The summed E-state index contributed by atoms with van der Waals surface area (Å²) < 4.78 is 38.9. The fourth-order valence-electron chi connectivity index (χ4n) is 1.15. The number of hydrogen-bond acceptors (Lipinski definition) is 1. The predicted octanol–water partition coefficient (Wildman–Crippen LogP) is 3.59. The molecule has 0 spiro atoms. The van der Waals surface area contributed by atoms with E-state index in [2.05, 4.69) is 0 Å². The second-order valence-corrected chi connectivity index (χ2v) is 3.55. The van der Waals surface area contributed by atoms with E-state index in [0.29, 0.717) is 0 Å². The van der Waals surface area contributed by atoms with Crippen LogP contribution in [0.15, 0.2) is 0 Å². The molecule has 1 aromatic carbocycles. The molecule has 0 aliphatic rings. The molecule has 1 rings (SSSR count). The van der Waals surface area contributed by atoms with Crippen LogP contribution in [0, 0.1) is 17.5 Å².